The quantitative estimate of drug-likeness (QED) is 0.813. The summed E-state index contributed by atoms with van der Waals surface area (Å²) < 4.78 is 2.55. The van der Waals surface area contributed by atoms with E-state index in [1.54, 1.807) is 16.9 Å². The summed E-state index contributed by atoms with van der Waals surface area (Å²) >= 11 is 4.80. The van der Waals surface area contributed by atoms with Crippen molar-refractivity contribution in [2.45, 2.75) is 13.5 Å². The van der Waals surface area contributed by atoms with Crippen LogP contribution in [-0.2, 0) is 6.54 Å². The van der Waals surface area contributed by atoms with Gasteiger partial charge in [0.15, 0.2) is 0 Å². The van der Waals surface area contributed by atoms with Gasteiger partial charge in [-0.25, -0.2) is 0 Å². The third-order valence-electron chi connectivity index (χ3n) is 2.07. The molecule has 0 spiro atoms. The maximum absolute atomic E-state index is 12.1. The van der Waals surface area contributed by atoms with Crippen LogP contribution in [0, 0.1) is 0 Å². The lowest BCUT2D eigenvalue weighted by Crippen LogP contribution is -2.09. The van der Waals surface area contributed by atoms with Crippen LogP contribution < -0.4 is 0 Å². The molecule has 0 aliphatic heterocycles. The van der Waals surface area contributed by atoms with Crippen molar-refractivity contribution in [2.24, 2.45) is 0 Å². The first kappa shape index (κ1) is 10.6. The van der Waals surface area contributed by atoms with Gasteiger partial charge in [-0.15, -0.1) is 11.3 Å². The first-order chi connectivity index (χ1) is 7.24. The Morgan fingerprint density at radius 3 is 3.00 bits per heavy atom. The zero-order valence-corrected chi connectivity index (χ0v) is 10.5. The van der Waals surface area contributed by atoms with Crippen LogP contribution in [0.5, 0.6) is 0 Å². The molecule has 0 atom stereocenters. The van der Waals surface area contributed by atoms with Gasteiger partial charge in [0.25, 0.3) is 0 Å². The Balaban J connectivity index is 2.41. The molecule has 3 nitrogen and oxygen atoms in total. The van der Waals surface area contributed by atoms with Gasteiger partial charge in [0, 0.05) is 17.2 Å². The third kappa shape index (κ3) is 1.89. The number of aryl methyl sites for hydroxylation is 1. The molecule has 0 amide bonds. The Labute approximate surface area is 99.9 Å². The molecule has 0 aromatic carbocycles. The van der Waals surface area contributed by atoms with Crippen molar-refractivity contribution < 1.29 is 4.79 Å². The van der Waals surface area contributed by atoms with Gasteiger partial charge in [0.2, 0.25) is 5.78 Å². The van der Waals surface area contributed by atoms with Crippen molar-refractivity contribution in [2.75, 3.05) is 0 Å². The minimum absolute atomic E-state index is 0.0243. The number of rotatable bonds is 3. The molecular formula is C10H9BrN2OS. The molecule has 0 bridgehead atoms. The van der Waals surface area contributed by atoms with Gasteiger partial charge in [-0.2, -0.15) is 5.10 Å². The maximum Gasteiger partial charge on any atom is 0.222 e. The Morgan fingerprint density at radius 2 is 2.40 bits per heavy atom. The van der Waals surface area contributed by atoms with Crippen molar-refractivity contribution in [1.29, 1.82) is 0 Å². The summed E-state index contributed by atoms with van der Waals surface area (Å²) in [6.45, 7) is 2.67. The average Bonchev–Trinajstić information content (AvgIpc) is 2.84. The van der Waals surface area contributed by atoms with Gasteiger partial charge in [0.1, 0.15) is 5.69 Å². The summed E-state index contributed by atoms with van der Waals surface area (Å²) in [6.07, 6.45) is 1.65. The Morgan fingerprint density at radius 1 is 1.60 bits per heavy atom. The minimum atomic E-state index is 0.0243. The van der Waals surface area contributed by atoms with Crippen molar-refractivity contribution in [3.05, 3.63) is 38.8 Å². The molecule has 0 saturated heterocycles. The summed E-state index contributed by atoms with van der Waals surface area (Å²) in [5.41, 5.74) is 0.639. The molecule has 2 heterocycles. The van der Waals surface area contributed by atoms with Gasteiger partial charge in [-0.05, 0) is 40.4 Å². The zero-order chi connectivity index (χ0) is 10.8. The van der Waals surface area contributed by atoms with Crippen molar-refractivity contribution in [3.8, 4) is 0 Å². The van der Waals surface area contributed by atoms with E-state index in [0.717, 1.165) is 9.35 Å². The first-order valence-electron chi connectivity index (χ1n) is 4.53. The highest BCUT2D eigenvalue weighted by atomic mass is 79.9. The molecule has 5 heteroatoms. The van der Waals surface area contributed by atoms with E-state index in [2.05, 4.69) is 21.0 Å². The average molecular weight is 285 g/mol. The number of ketones is 1. The zero-order valence-electron chi connectivity index (χ0n) is 8.11. The van der Waals surface area contributed by atoms with E-state index in [1.165, 1.54) is 11.3 Å². The van der Waals surface area contributed by atoms with Crippen LogP contribution >= 0.6 is 27.3 Å². The second-order valence-electron chi connectivity index (χ2n) is 2.96. The highest BCUT2D eigenvalue weighted by Gasteiger charge is 2.17. The van der Waals surface area contributed by atoms with Gasteiger partial charge >= 0.3 is 0 Å². The monoisotopic (exact) mass is 284 g/mol. The molecule has 0 aliphatic carbocycles. The lowest BCUT2D eigenvalue weighted by Gasteiger charge is -2.02. The number of hydrogen-bond donors (Lipinski definition) is 0. The number of hydrogen-bond acceptors (Lipinski definition) is 3. The van der Waals surface area contributed by atoms with Gasteiger partial charge in [-0.3, -0.25) is 9.48 Å². The standard InChI is InChI=1S/C10H9BrN2OS/c1-2-13-8(3-5-12-13)9(14)10-7(11)4-6-15-10/h3-6H,2H2,1H3. The largest absolute Gasteiger partial charge is 0.286 e. The SMILES string of the molecule is CCn1nccc1C(=O)c1sccc1Br. The van der Waals surface area contributed by atoms with Crippen LogP contribution in [0.25, 0.3) is 0 Å². The van der Waals surface area contributed by atoms with Crippen molar-refractivity contribution >= 4 is 33.0 Å². The number of thiophene rings is 1. The topological polar surface area (TPSA) is 34.9 Å². The maximum atomic E-state index is 12.1. The van der Waals surface area contributed by atoms with Crippen LogP contribution in [0.4, 0.5) is 0 Å². The molecule has 15 heavy (non-hydrogen) atoms. The number of nitrogens with zero attached hydrogens (tertiary/aromatic N) is 2. The minimum Gasteiger partial charge on any atom is -0.286 e. The molecule has 2 aromatic rings. The smallest absolute Gasteiger partial charge is 0.222 e. The van der Waals surface area contributed by atoms with Gasteiger partial charge in [-0.1, -0.05) is 0 Å². The van der Waals surface area contributed by atoms with E-state index in [0.29, 0.717) is 12.2 Å². The molecular weight excluding hydrogens is 276 g/mol. The number of aromatic nitrogens is 2. The summed E-state index contributed by atoms with van der Waals surface area (Å²) in [7, 11) is 0. The van der Waals surface area contributed by atoms with Crippen LogP contribution in [-0.4, -0.2) is 15.6 Å². The summed E-state index contributed by atoms with van der Waals surface area (Å²) in [5, 5.41) is 5.97. The van der Waals surface area contributed by atoms with E-state index in [4.69, 9.17) is 0 Å². The molecule has 2 aromatic heterocycles. The van der Waals surface area contributed by atoms with Crippen molar-refractivity contribution in [3.63, 3.8) is 0 Å². The van der Waals surface area contributed by atoms with E-state index in [-0.39, 0.29) is 5.78 Å². The van der Waals surface area contributed by atoms with E-state index >= 15 is 0 Å². The summed E-state index contributed by atoms with van der Waals surface area (Å²) in [5.74, 6) is 0.0243. The van der Waals surface area contributed by atoms with Crippen molar-refractivity contribution in [1.82, 2.24) is 9.78 Å². The molecule has 0 aliphatic rings. The normalized spacial score (nSPS) is 10.5. The van der Waals surface area contributed by atoms with Crippen LogP contribution in [0.1, 0.15) is 22.3 Å². The Hall–Kier alpha value is -0.940. The van der Waals surface area contributed by atoms with E-state index in [9.17, 15) is 4.79 Å². The highest BCUT2D eigenvalue weighted by molar-refractivity contribution is 9.10. The predicted octanol–water partition coefficient (Wildman–Crippen LogP) is 2.96. The van der Waals surface area contributed by atoms with Crippen LogP contribution in [0.3, 0.4) is 0 Å². The van der Waals surface area contributed by atoms with Gasteiger partial charge < -0.3 is 0 Å². The Kier molecular flexibility index (Phi) is 3.02. The number of halogens is 1. The number of carbonyl (C=O) groups excluding carboxylic acids is 1. The highest BCUT2D eigenvalue weighted by Crippen LogP contribution is 2.25. The van der Waals surface area contributed by atoms with Crippen LogP contribution in [0.15, 0.2) is 28.2 Å². The molecule has 0 fully saturated rings. The summed E-state index contributed by atoms with van der Waals surface area (Å²) in [4.78, 5) is 12.8. The number of carbonyl (C=O) groups is 1. The molecule has 2 rings (SSSR count). The molecule has 78 valence electrons. The molecule has 0 unspecified atom stereocenters. The van der Waals surface area contributed by atoms with E-state index in [1.807, 2.05) is 18.4 Å². The predicted molar refractivity (Wildman–Crippen MR) is 63.4 cm³/mol. The molecule has 0 N–H and O–H groups in total. The van der Waals surface area contributed by atoms with E-state index < -0.39 is 0 Å². The fourth-order valence-electron chi connectivity index (χ4n) is 1.35. The molecule has 0 saturated carbocycles. The molecule has 0 radical (unpaired) electrons. The third-order valence-corrected chi connectivity index (χ3v) is 3.91. The Bertz CT molecular complexity index is 489. The lowest BCUT2D eigenvalue weighted by atomic mass is 10.2. The van der Waals surface area contributed by atoms with Crippen LogP contribution in [0.2, 0.25) is 0 Å². The first-order valence-corrected chi connectivity index (χ1v) is 6.20. The fraction of sp³-hybridized carbons (Fsp3) is 0.200. The summed E-state index contributed by atoms with van der Waals surface area (Å²) in [6, 6.07) is 3.63. The second-order valence-corrected chi connectivity index (χ2v) is 4.73. The lowest BCUT2D eigenvalue weighted by molar-refractivity contribution is 0.103. The van der Waals surface area contributed by atoms with Gasteiger partial charge in [0.05, 0.1) is 4.88 Å². The fourth-order valence-corrected chi connectivity index (χ4v) is 2.85. The second kappa shape index (κ2) is 4.28.